The van der Waals surface area contributed by atoms with Gasteiger partial charge in [0.05, 0.1) is 25.2 Å². The van der Waals surface area contributed by atoms with E-state index in [-0.39, 0.29) is 24.6 Å². The summed E-state index contributed by atoms with van der Waals surface area (Å²) in [5.74, 6) is 2.57. The van der Waals surface area contributed by atoms with Crippen molar-refractivity contribution in [3.63, 3.8) is 0 Å². The Balaban J connectivity index is 0.00000125. The maximum Gasteiger partial charge on any atom is 0.308 e. The molecule has 6 nitrogen and oxygen atoms in total. The number of rotatable bonds is 6. The van der Waals surface area contributed by atoms with Gasteiger partial charge in [0.15, 0.2) is 0 Å². The van der Waals surface area contributed by atoms with Gasteiger partial charge in [0, 0.05) is 19.5 Å². The van der Waals surface area contributed by atoms with Gasteiger partial charge in [0.25, 0.3) is 0 Å². The van der Waals surface area contributed by atoms with Crippen molar-refractivity contribution in [1.29, 1.82) is 0 Å². The second-order valence-electron chi connectivity index (χ2n) is 9.19. The van der Waals surface area contributed by atoms with Crippen LogP contribution in [0.4, 0.5) is 0 Å². The van der Waals surface area contributed by atoms with Gasteiger partial charge in [-0.2, -0.15) is 0 Å². The molecule has 2 aliphatic rings. The highest BCUT2D eigenvalue weighted by molar-refractivity contribution is 6.26. The number of fused-ring (bicyclic) bond motifs is 1. The fourth-order valence-corrected chi connectivity index (χ4v) is 4.25. The van der Waals surface area contributed by atoms with Gasteiger partial charge in [-0.1, -0.05) is 46.3 Å². The highest BCUT2D eigenvalue weighted by Crippen LogP contribution is 2.46. The van der Waals surface area contributed by atoms with Crippen molar-refractivity contribution in [3.8, 4) is 0 Å². The van der Waals surface area contributed by atoms with Crippen molar-refractivity contribution in [2.45, 2.75) is 79.4 Å². The third kappa shape index (κ3) is 10.4. The van der Waals surface area contributed by atoms with Gasteiger partial charge >= 0.3 is 7.48 Å². The Bertz CT molecular complexity index is 495. The fraction of sp³-hybridized carbons (Fsp3) is 0.870. The van der Waals surface area contributed by atoms with Crippen LogP contribution in [0, 0.1) is 29.6 Å². The minimum Gasteiger partial charge on any atom is -0.452 e. The van der Waals surface area contributed by atoms with Crippen LogP contribution in [0.5, 0.6) is 0 Å². The second kappa shape index (κ2) is 15.8. The maximum atomic E-state index is 11.9. The van der Waals surface area contributed by atoms with Gasteiger partial charge < -0.3 is 25.3 Å². The molecule has 0 spiro atoms. The summed E-state index contributed by atoms with van der Waals surface area (Å²) in [6.45, 7) is 13.4. The Morgan fingerprint density at radius 3 is 2.37 bits per heavy atom. The lowest BCUT2D eigenvalue weighted by molar-refractivity contribution is -0.131. The van der Waals surface area contributed by atoms with E-state index in [1.807, 2.05) is 6.92 Å². The molecule has 6 atom stereocenters. The summed E-state index contributed by atoms with van der Waals surface area (Å²) in [6.07, 6.45) is 5.40. The molecule has 4 N–H and O–H groups in total. The van der Waals surface area contributed by atoms with Crippen LogP contribution in [0.2, 0.25) is 0 Å². The Labute approximate surface area is 184 Å². The van der Waals surface area contributed by atoms with E-state index in [0.717, 1.165) is 26.9 Å². The highest BCUT2D eigenvalue weighted by atomic mass is 16.5. The number of amides is 1. The minimum atomic E-state index is -0.313. The summed E-state index contributed by atoms with van der Waals surface area (Å²) >= 11 is 0. The molecule has 1 amide bonds. The number of hydrogen-bond acceptors (Lipinski definition) is 5. The first-order valence-corrected chi connectivity index (χ1v) is 11.3. The lowest BCUT2D eigenvalue weighted by Gasteiger charge is -2.47. The summed E-state index contributed by atoms with van der Waals surface area (Å²) in [6, 6.07) is 0. The second-order valence-corrected chi connectivity index (χ2v) is 9.19. The third-order valence-corrected chi connectivity index (χ3v) is 5.67. The molecule has 1 saturated heterocycles. The van der Waals surface area contributed by atoms with Crippen LogP contribution in [-0.2, 0) is 9.53 Å². The van der Waals surface area contributed by atoms with E-state index in [4.69, 9.17) is 14.9 Å². The maximum absolute atomic E-state index is 11.9. The van der Waals surface area contributed by atoms with Gasteiger partial charge in [-0.05, 0) is 49.9 Å². The fourth-order valence-electron chi connectivity index (χ4n) is 4.25. The van der Waals surface area contributed by atoms with E-state index in [1.165, 1.54) is 12.0 Å². The number of ether oxygens (including phenoxy) is 1. The van der Waals surface area contributed by atoms with Crippen molar-refractivity contribution in [3.05, 3.63) is 11.6 Å². The average Bonchev–Trinajstić information content (AvgIpc) is 2.68. The molecule has 2 fully saturated rings. The van der Waals surface area contributed by atoms with Crippen molar-refractivity contribution in [2.75, 3.05) is 20.2 Å². The number of aliphatic hydroxyl groups excluding tert-OH is 2. The van der Waals surface area contributed by atoms with Crippen molar-refractivity contribution >= 4 is 13.4 Å². The topological polar surface area (TPSA) is 99.0 Å². The standard InChI is InChI=1S/C18H31BNO4.C4H10.CH4O/c1-11-4-6-15-13(3)17(8-18(22)20-10-19-23)24-9-16(15)14(11)7-5-12(2)21;1-4(2)3;1-2/h7,11-13,15-17,21,23H,4-6,8-10H2,1-3H3,(H,20,22);4H,1-3H3;2H,1H3/b14-7-;;/t11-,12?,13?,15?,16?,17?;;/m1../s1. The van der Waals surface area contributed by atoms with Crippen LogP contribution < -0.4 is 5.32 Å². The molecule has 1 aliphatic heterocycles. The summed E-state index contributed by atoms with van der Waals surface area (Å²) in [5.41, 5.74) is 1.43. The van der Waals surface area contributed by atoms with Crippen LogP contribution in [0.1, 0.15) is 67.2 Å². The molecule has 5 unspecified atom stereocenters. The lowest BCUT2D eigenvalue weighted by atomic mass is 9.64. The largest absolute Gasteiger partial charge is 0.452 e. The van der Waals surface area contributed by atoms with Crippen LogP contribution in [0.25, 0.3) is 0 Å². The molecule has 30 heavy (non-hydrogen) atoms. The molecule has 7 heteroatoms. The molecule has 0 aromatic rings. The normalized spacial score (nSPS) is 30.2. The first kappa shape index (κ1) is 29.1. The minimum absolute atomic E-state index is 0.0589. The SMILES string of the molecule is CC(C)C.CC(O)C/C=C1\C2COC(CC(=O)NC[B]O)C(C)C2CC[C@H]1C.CO. The smallest absolute Gasteiger partial charge is 0.308 e. The molecule has 1 saturated carbocycles. The van der Waals surface area contributed by atoms with Gasteiger partial charge in [0.1, 0.15) is 0 Å². The quantitative estimate of drug-likeness (QED) is 0.387. The van der Waals surface area contributed by atoms with E-state index in [9.17, 15) is 9.90 Å². The summed E-state index contributed by atoms with van der Waals surface area (Å²) in [4.78, 5) is 11.9. The van der Waals surface area contributed by atoms with Crippen LogP contribution in [0.15, 0.2) is 11.6 Å². The van der Waals surface area contributed by atoms with E-state index in [2.05, 4.69) is 46.0 Å². The predicted molar refractivity (Wildman–Crippen MR) is 123 cm³/mol. The molecule has 1 aliphatic carbocycles. The van der Waals surface area contributed by atoms with Crippen molar-refractivity contribution in [1.82, 2.24) is 5.32 Å². The van der Waals surface area contributed by atoms with Gasteiger partial charge in [-0.3, -0.25) is 4.79 Å². The Morgan fingerprint density at radius 2 is 1.83 bits per heavy atom. The Kier molecular flexibility index (Phi) is 15.4. The Hall–Kier alpha value is -0.885. The summed E-state index contributed by atoms with van der Waals surface area (Å²) in [5, 5.41) is 27.9. The number of aliphatic hydroxyl groups is 2. The number of hydrogen-bond donors (Lipinski definition) is 4. The van der Waals surface area contributed by atoms with Crippen molar-refractivity contribution in [2.24, 2.45) is 29.6 Å². The first-order chi connectivity index (χ1) is 14.2. The molecule has 2 rings (SSSR count). The zero-order valence-electron chi connectivity index (χ0n) is 20.1. The first-order valence-electron chi connectivity index (χ1n) is 11.3. The average molecular weight is 426 g/mol. The van der Waals surface area contributed by atoms with Crippen LogP contribution >= 0.6 is 0 Å². The molecular formula is C23H45BNO5. The molecule has 175 valence electrons. The van der Waals surface area contributed by atoms with Crippen LogP contribution in [0.3, 0.4) is 0 Å². The van der Waals surface area contributed by atoms with E-state index in [1.54, 1.807) is 0 Å². The predicted octanol–water partition coefficient (Wildman–Crippen LogP) is 2.73. The van der Waals surface area contributed by atoms with E-state index >= 15 is 0 Å². The summed E-state index contributed by atoms with van der Waals surface area (Å²) in [7, 11) is 1.95. The van der Waals surface area contributed by atoms with E-state index in [0.29, 0.717) is 43.1 Å². The molecule has 0 aromatic heterocycles. The molecular weight excluding hydrogens is 381 g/mol. The molecule has 1 heterocycles. The number of carbonyl (C=O) groups excluding carboxylic acids is 1. The van der Waals surface area contributed by atoms with Gasteiger partial charge in [0.2, 0.25) is 5.91 Å². The highest BCUT2D eigenvalue weighted by Gasteiger charge is 2.43. The Morgan fingerprint density at radius 1 is 1.23 bits per heavy atom. The van der Waals surface area contributed by atoms with Gasteiger partial charge in [-0.15, -0.1) is 0 Å². The third-order valence-electron chi connectivity index (χ3n) is 5.67. The molecule has 0 aromatic carbocycles. The zero-order chi connectivity index (χ0) is 23.3. The molecule has 1 radical (unpaired) electrons. The number of carbonyl (C=O) groups is 1. The van der Waals surface area contributed by atoms with Gasteiger partial charge in [-0.25, -0.2) is 0 Å². The van der Waals surface area contributed by atoms with Crippen molar-refractivity contribution < 1.29 is 24.8 Å². The van der Waals surface area contributed by atoms with Crippen LogP contribution in [-0.4, -0.2) is 61.0 Å². The number of nitrogens with one attached hydrogen (secondary N) is 1. The van der Waals surface area contributed by atoms with E-state index < -0.39 is 0 Å². The zero-order valence-corrected chi connectivity index (χ0v) is 20.1. The monoisotopic (exact) mass is 426 g/mol. The summed E-state index contributed by atoms with van der Waals surface area (Å²) < 4.78 is 6.06. The molecule has 0 bridgehead atoms. The lowest BCUT2D eigenvalue weighted by Crippen LogP contribution is -2.46.